The second kappa shape index (κ2) is 10.5. The fourth-order valence-corrected chi connectivity index (χ4v) is 10.1. The molecular weight excluding hydrogens is 452 g/mol. The van der Waals surface area contributed by atoms with Gasteiger partial charge in [0.15, 0.2) is 0 Å². The van der Waals surface area contributed by atoms with E-state index in [1.807, 2.05) is 18.2 Å². The quantitative estimate of drug-likeness (QED) is 0.273. The van der Waals surface area contributed by atoms with Gasteiger partial charge >= 0.3 is 0 Å². The van der Waals surface area contributed by atoms with Gasteiger partial charge in [0.05, 0.1) is 11.8 Å². The Morgan fingerprint density at radius 3 is 2.51 bits per heavy atom. The van der Waals surface area contributed by atoms with E-state index in [1.165, 1.54) is 57.8 Å². The van der Waals surface area contributed by atoms with Crippen LogP contribution < -0.4 is 16.2 Å². The molecule has 3 nitrogen and oxygen atoms in total. The first-order valence-electron chi connectivity index (χ1n) is 15.7. The van der Waals surface area contributed by atoms with Crippen LogP contribution in [-0.2, 0) is 0 Å². The van der Waals surface area contributed by atoms with Gasteiger partial charge in [-0.3, -0.25) is 0 Å². The summed E-state index contributed by atoms with van der Waals surface area (Å²) >= 11 is 0. The number of fused-ring (bicyclic) bond motifs is 5. The van der Waals surface area contributed by atoms with Gasteiger partial charge in [0.1, 0.15) is 5.75 Å². The topological polar surface area (TPSA) is 61.3 Å². The molecule has 3 saturated carbocycles. The van der Waals surface area contributed by atoms with Crippen LogP contribution in [0.25, 0.3) is 0 Å². The molecule has 0 aromatic heterocycles. The van der Waals surface area contributed by atoms with Gasteiger partial charge in [-0.2, -0.15) is 0 Å². The molecule has 9 atom stereocenters. The van der Waals surface area contributed by atoms with Crippen molar-refractivity contribution in [2.24, 2.45) is 52.3 Å². The Morgan fingerprint density at radius 2 is 1.78 bits per heavy atom. The summed E-state index contributed by atoms with van der Waals surface area (Å²) in [6, 6.07) is 5.66. The van der Waals surface area contributed by atoms with Gasteiger partial charge in [-0.1, -0.05) is 66.0 Å². The average molecular weight is 507 g/mol. The lowest BCUT2D eigenvalue weighted by Gasteiger charge is -2.60. The minimum atomic E-state index is 0.244. The molecule has 0 spiro atoms. The lowest BCUT2D eigenvalue weighted by atomic mass is 9.45. The van der Waals surface area contributed by atoms with Crippen LogP contribution in [0.5, 0.6) is 5.75 Å². The predicted octanol–water partition coefficient (Wildman–Crippen LogP) is 8.89. The number of rotatable bonds is 8. The van der Waals surface area contributed by atoms with Gasteiger partial charge in [0.2, 0.25) is 0 Å². The predicted molar refractivity (Wildman–Crippen MR) is 157 cm³/mol. The number of nitrogens with two attached hydrogens (primary N) is 2. The Morgan fingerprint density at radius 1 is 0.973 bits per heavy atom. The smallest absolute Gasteiger partial charge is 0.142 e. The minimum absolute atomic E-state index is 0.244. The van der Waals surface area contributed by atoms with Crippen molar-refractivity contribution in [1.29, 1.82) is 0 Å². The van der Waals surface area contributed by atoms with Crippen molar-refractivity contribution in [2.75, 3.05) is 11.5 Å². The molecule has 0 saturated heterocycles. The largest absolute Gasteiger partial charge is 0.488 e. The highest BCUT2D eigenvalue weighted by Crippen LogP contribution is 2.67. The normalized spacial score (nSPS) is 39.6. The summed E-state index contributed by atoms with van der Waals surface area (Å²) in [4.78, 5) is 0. The van der Waals surface area contributed by atoms with Gasteiger partial charge in [-0.25, -0.2) is 0 Å². The Labute approximate surface area is 227 Å². The molecule has 4 aliphatic carbocycles. The fraction of sp³-hybridized carbons (Fsp3) is 0.765. The Bertz CT molecular complexity index is 971. The summed E-state index contributed by atoms with van der Waals surface area (Å²) in [7, 11) is 0. The Balaban J connectivity index is 1.30. The number of benzene rings is 1. The highest BCUT2D eigenvalue weighted by atomic mass is 16.5. The highest BCUT2D eigenvalue weighted by Gasteiger charge is 2.60. The third-order valence-corrected chi connectivity index (χ3v) is 12.0. The van der Waals surface area contributed by atoms with E-state index >= 15 is 0 Å². The third kappa shape index (κ3) is 4.82. The number of nitrogen functional groups attached to an aromatic ring is 2. The summed E-state index contributed by atoms with van der Waals surface area (Å²) in [5.41, 5.74) is 14.5. The second-order valence-electron chi connectivity index (χ2n) is 14.2. The first-order chi connectivity index (χ1) is 17.7. The molecule has 5 rings (SSSR count). The van der Waals surface area contributed by atoms with Crippen molar-refractivity contribution in [1.82, 2.24) is 0 Å². The lowest BCUT2D eigenvalue weighted by molar-refractivity contribution is -0.0891. The van der Waals surface area contributed by atoms with Gasteiger partial charge in [-0.15, -0.1) is 0 Å². The molecule has 206 valence electrons. The monoisotopic (exact) mass is 506 g/mol. The summed E-state index contributed by atoms with van der Waals surface area (Å²) in [6.07, 6.45) is 20.5. The van der Waals surface area contributed by atoms with E-state index in [-0.39, 0.29) is 6.10 Å². The van der Waals surface area contributed by atoms with Crippen molar-refractivity contribution in [3.63, 3.8) is 0 Å². The zero-order valence-electron chi connectivity index (χ0n) is 24.3. The van der Waals surface area contributed by atoms with Gasteiger partial charge in [-0.05, 0) is 122 Å². The van der Waals surface area contributed by atoms with Crippen LogP contribution in [0.2, 0.25) is 0 Å². The summed E-state index contributed by atoms with van der Waals surface area (Å²) < 4.78 is 6.47. The highest BCUT2D eigenvalue weighted by molar-refractivity contribution is 5.60. The minimum Gasteiger partial charge on any atom is -0.488 e. The van der Waals surface area contributed by atoms with Gasteiger partial charge in [0, 0.05) is 5.69 Å². The van der Waals surface area contributed by atoms with E-state index in [9.17, 15) is 0 Å². The Kier molecular flexibility index (Phi) is 7.64. The zero-order chi connectivity index (χ0) is 26.4. The average Bonchev–Trinajstić information content (AvgIpc) is 3.22. The molecule has 0 radical (unpaired) electrons. The maximum Gasteiger partial charge on any atom is 0.142 e. The van der Waals surface area contributed by atoms with Crippen LogP contribution in [0.3, 0.4) is 0 Å². The molecule has 0 bridgehead atoms. The van der Waals surface area contributed by atoms with Crippen molar-refractivity contribution in [2.45, 2.75) is 111 Å². The fourth-order valence-electron chi connectivity index (χ4n) is 10.1. The summed E-state index contributed by atoms with van der Waals surface area (Å²) in [5.74, 6) is 6.58. The molecule has 37 heavy (non-hydrogen) atoms. The first kappa shape index (κ1) is 26.9. The van der Waals surface area contributed by atoms with Gasteiger partial charge in [0.25, 0.3) is 0 Å². The van der Waals surface area contributed by atoms with Crippen LogP contribution in [-0.4, -0.2) is 6.10 Å². The summed E-state index contributed by atoms with van der Waals surface area (Å²) in [5, 5.41) is 0. The molecule has 3 heteroatoms. The second-order valence-corrected chi connectivity index (χ2v) is 14.2. The molecule has 9 unspecified atom stereocenters. The molecule has 3 fully saturated rings. The zero-order valence-corrected chi connectivity index (χ0v) is 24.3. The molecule has 4 N–H and O–H groups in total. The van der Waals surface area contributed by atoms with Crippen LogP contribution in [0.15, 0.2) is 30.4 Å². The van der Waals surface area contributed by atoms with Crippen molar-refractivity contribution in [3.05, 3.63) is 30.4 Å². The van der Waals surface area contributed by atoms with E-state index < -0.39 is 0 Å². The van der Waals surface area contributed by atoms with Gasteiger partial charge < -0.3 is 16.2 Å². The summed E-state index contributed by atoms with van der Waals surface area (Å²) in [6.45, 7) is 12.5. The molecule has 1 aromatic rings. The molecule has 0 aliphatic heterocycles. The van der Waals surface area contributed by atoms with Crippen LogP contribution >= 0.6 is 0 Å². The van der Waals surface area contributed by atoms with E-state index in [2.05, 4.69) is 46.8 Å². The first-order valence-corrected chi connectivity index (χ1v) is 15.7. The third-order valence-electron chi connectivity index (χ3n) is 12.0. The molecule has 4 aliphatic rings. The van der Waals surface area contributed by atoms with Crippen molar-refractivity contribution >= 4 is 11.4 Å². The number of allylic oxidation sites excluding steroid dienone is 2. The number of anilines is 2. The molecule has 1 aromatic carbocycles. The lowest BCUT2D eigenvalue weighted by Crippen LogP contribution is -2.53. The van der Waals surface area contributed by atoms with Crippen molar-refractivity contribution < 1.29 is 4.74 Å². The molecular formula is C34H54N2O. The van der Waals surface area contributed by atoms with E-state index in [0.717, 1.165) is 54.1 Å². The van der Waals surface area contributed by atoms with Crippen LogP contribution in [0.1, 0.15) is 105 Å². The Hall–Kier alpha value is -1.64. The van der Waals surface area contributed by atoms with Crippen LogP contribution in [0, 0.1) is 52.3 Å². The number of hydrogen-bond acceptors (Lipinski definition) is 3. The number of hydrogen-bond donors (Lipinski definition) is 2. The standard InChI is InChI=1S/C34H54N2O/c1-6-34-19-16-26(37-32-15-11-25(35)21-31(32)36)20-24(34)10-12-27-29-14-13-28(23(4)9-7-8-22(2)3)33(29,5)18-17-30(27)34/h10-12,15,21-24,26-30H,6-9,13-14,16-20,35-36H2,1-5H3. The van der Waals surface area contributed by atoms with E-state index in [4.69, 9.17) is 16.2 Å². The van der Waals surface area contributed by atoms with Crippen molar-refractivity contribution in [3.8, 4) is 5.75 Å². The van der Waals surface area contributed by atoms with Crippen LogP contribution in [0.4, 0.5) is 11.4 Å². The number of ether oxygens (including phenoxy) is 1. The molecule has 0 amide bonds. The SMILES string of the molecule is CCC12CCC(Oc3ccc(N)cc3N)CC1C=CC1C3CCC(C(C)CCCC(C)C)C3(C)CCC12. The van der Waals surface area contributed by atoms with E-state index in [0.29, 0.717) is 28.1 Å². The maximum atomic E-state index is 6.47. The molecule has 0 heterocycles. The van der Waals surface area contributed by atoms with E-state index in [1.54, 1.807) is 0 Å². The maximum absolute atomic E-state index is 6.47.